The number of nitriles is 1. The van der Waals surface area contributed by atoms with Crippen LogP contribution in [0, 0.1) is 11.3 Å². The van der Waals surface area contributed by atoms with E-state index in [9.17, 15) is 9.90 Å². The van der Waals surface area contributed by atoms with Gasteiger partial charge >= 0.3 is 5.97 Å². The first-order valence-corrected chi connectivity index (χ1v) is 6.84. The van der Waals surface area contributed by atoms with Gasteiger partial charge in [0.25, 0.3) is 0 Å². The van der Waals surface area contributed by atoms with Crippen molar-refractivity contribution < 1.29 is 19.4 Å². The lowest BCUT2D eigenvalue weighted by Gasteiger charge is -2.05. The first-order valence-electron chi connectivity index (χ1n) is 6.84. The Labute approximate surface area is 134 Å². The molecule has 5 heteroatoms. The number of carbonyl (C=O) groups is 1. The van der Waals surface area contributed by atoms with Gasteiger partial charge in [-0.3, -0.25) is 0 Å². The van der Waals surface area contributed by atoms with Crippen molar-refractivity contribution in [2.24, 2.45) is 0 Å². The van der Waals surface area contributed by atoms with E-state index in [-0.39, 0.29) is 23.7 Å². The largest absolute Gasteiger partial charge is 0.504 e. The van der Waals surface area contributed by atoms with Crippen LogP contribution in [0.4, 0.5) is 0 Å². The average molecular weight is 309 g/mol. The smallest absolute Gasteiger partial charge is 0.349 e. The molecule has 0 fully saturated rings. The molecule has 0 saturated heterocycles. The van der Waals surface area contributed by atoms with Crippen molar-refractivity contribution in [1.82, 2.24) is 0 Å². The molecule has 0 heterocycles. The highest BCUT2D eigenvalue weighted by molar-refractivity contribution is 5.97. The summed E-state index contributed by atoms with van der Waals surface area (Å²) in [6, 6.07) is 15.5. The predicted octanol–water partition coefficient (Wildman–Crippen LogP) is 3.05. The fourth-order valence-corrected chi connectivity index (χ4v) is 1.89. The van der Waals surface area contributed by atoms with E-state index in [1.54, 1.807) is 6.07 Å². The van der Waals surface area contributed by atoms with E-state index in [0.717, 1.165) is 5.56 Å². The van der Waals surface area contributed by atoms with Gasteiger partial charge in [-0.2, -0.15) is 5.26 Å². The number of ether oxygens (including phenoxy) is 2. The van der Waals surface area contributed by atoms with E-state index in [2.05, 4.69) is 0 Å². The molecular formula is C18H15NO4. The van der Waals surface area contributed by atoms with E-state index >= 15 is 0 Å². The molecule has 1 N–H and O–H groups in total. The van der Waals surface area contributed by atoms with Crippen LogP contribution >= 0.6 is 0 Å². The molecule has 23 heavy (non-hydrogen) atoms. The van der Waals surface area contributed by atoms with Crippen molar-refractivity contribution in [1.29, 1.82) is 5.26 Å². The summed E-state index contributed by atoms with van der Waals surface area (Å²) < 4.78 is 10.1. The third-order valence-electron chi connectivity index (χ3n) is 3.07. The molecule has 0 bridgehead atoms. The van der Waals surface area contributed by atoms with Gasteiger partial charge in [0.15, 0.2) is 11.5 Å². The van der Waals surface area contributed by atoms with E-state index < -0.39 is 5.97 Å². The van der Waals surface area contributed by atoms with Gasteiger partial charge in [0.05, 0.1) is 7.11 Å². The molecule has 5 nitrogen and oxygen atoms in total. The summed E-state index contributed by atoms with van der Waals surface area (Å²) in [5, 5.41) is 18.7. The van der Waals surface area contributed by atoms with Gasteiger partial charge in [0.1, 0.15) is 18.2 Å². The van der Waals surface area contributed by atoms with Gasteiger partial charge < -0.3 is 14.6 Å². The van der Waals surface area contributed by atoms with Crippen LogP contribution in [-0.4, -0.2) is 18.2 Å². The van der Waals surface area contributed by atoms with E-state index in [1.807, 2.05) is 36.4 Å². The molecule has 2 rings (SSSR count). The molecule has 0 atom stereocenters. The van der Waals surface area contributed by atoms with Gasteiger partial charge in [-0.25, -0.2) is 4.79 Å². The fourth-order valence-electron chi connectivity index (χ4n) is 1.89. The molecule has 0 amide bonds. The summed E-state index contributed by atoms with van der Waals surface area (Å²) in [5.74, 6) is -0.466. The minimum absolute atomic E-state index is 0.0187. The summed E-state index contributed by atoms with van der Waals surface area (Å²) in [4.78, 5) is 12.0. The third-order valence-corrected chi connectivity index (χ3v) is 3.07. The molecule has 0 spiro atoms. The Morgan fingerprint density at radius 3 is 2.65 bits per heavy atom. The number of hydrogen-bond donors (Lipinski definition) is 1. The van der Waals surface area contributed by atoms with Crippen molar-refractivity contribution in [3.63, 3.8) is 0 Å². The highest BCUT2D eigenvalue weighted by Gasteiger charge is 2.11. The SMILES string of the molecule is COc1cc(C=C(C#N)C(=O)OCc2ccccc2)ccc1O. The second-order valence-corrected chi connectivity index (χ2v) is 4.66. The van der Waals surface area contributed by atoms with Crippen LogP contribution in [0.2, 0.25) is 0 Å². The lowest BCUT2D eigenvalue weighted by molar-refractivity contribution is -0.139. The Morgan fingerprint density at radius 1 is 1.26 bits per heavy atom. The Balaban J connectivity index is 2.12. The minimum Gasteiger partial charge on any atom is -0.504 e. The topological polar surface area (TPSA) is 79.5 Å². The van der Waals surface area contributed by atoms with Gasteiger partial charge in [0.2, 0.25) is 0 Å². The van der Waals surface area contributed by atoms with Crippen LogP contribution in [0.3, 0.4) is 0 Å². The number of benzene rings is 2. The molecular weight excluding hydrogens is 294 g/mol. The van der Waals surface area contributed by atoms with Gasteiger partial charge in [-0.05, 0) is 29.3 Å². The maximum absolute atomic E-state index is 12.0. The summed E-state index contributed by atoms with van der Waals surface area (Å²) in [6.07, 6.45) is 1.38. The van der Waals surface area contributed by atoms with Crippen molar-refractivity contribution in [3.05, 3.63) is 65.2 Å². The van der Waals surface area contributed by atoms with Crippen molar-refractivity contribution in [2.45, 2.75) is 6.61 Å². The number of hydrogen-bond acceptors (Lipinski definition) is 5. The molecule has 0 aliphatic rings. The van der Waals surface area contributed by atoms with Crippen molar-refractivity contribution in [3.8, 4) is 17.6 Å². The summed E-state index contributed by atoms with van der Waals surface area (Å²) in [5.41, 5.74) is 1.26. The zero-order valence-corrected chi connectivity index (χ0v) is 12.5. The summed E-state index contributed by atoms with van der Waals surface area (Å²) in [6.45, 7) is 0.0948. The Morgan fingerprint density at radius 2 is 2.00 bits per heavy atom. The van der Waals surface area contributed by atoms with Crippen LogP contribution in [0.15, 0.2) is 54.1 Å². The van der Waals surface area contributed by atoms with E-state index in [1.165, 1.54) is 25.3 Å². The Bertz CT molecular complexity index is 760. The summed E-state index contributed by atoms with van der Waals surface area (Å²) in [7, 11) is 1.42. The predicted molar refractivity (Wildman–Crippen MR) is 84.5 cm³/mol. The molecule has 0 aliphatic heterocycles. The number of rotatable bonds is 5. The molecule has 0 radical (unpaired) electrons. The number of aromatic hydroxyl groups is 1. The monoisotopic (exact) mass is 309 g/mol. The van der Waals surface area contributed by atoms with Gasteiger partial charge in [-0.15, -0.1) is 0 Å². The second-order valence-electron chi connectivity index (χ2n) is 4.66. The van der Waals surface area contributed by atoms with E-state index in [0.29, 0.717) is 5.56 Å². The van der Waals surface area contributed by atoms with Gasteiger partial charge in [0, 0.05) is 0 Å². The number of nitrogens with zero attached hydrogens (tertiary/aromatic N) is 1. The first-order chi connectivity index (χ1) is 11.1. The zero-order chi connectivity index (χ0) is 16.7. The average Bonchev–Trinajstić information content (AvgIpc) is 2.59. The summed E-state index contributed by atoms with van der Waals surface area (Å²) >= 11 is 0. The third kappa shape index (κ3) is 4.35. The lowest BCUT2D eigenvalue weighted by atomic mass is 10.1. The Hall–Kier alpha value is -3.26. The van der Waals surface area contributed by atoms with Crippen molar-refractivity contribution >= 4 is 12.0 Å². The minimum atomic E-state index is -0.705. The van der Waals surface area contributed by atoms with Crippen LogP contribution in [0.5, 0.6) is 11.5 Å². The van der Waals surface area contributed by atoms with Crippen LogP contribution in [0.1, 0.15) is 11.1 Å². The number of phenolic OH excluding ortho intramolecular Hbond substituents is 1. The van der Waals surface area contributed by atoms with Crippen molar-refractivity contribution in [2.75, 3.05) is 7.11 Å². The number of esters is 1. The molecule has 0 aromatic heterocycles. The lowest BCUT2D eigenvalue weighted by Crippen LogP contribution is -2.06. The fraction of sp³-hybridized carbons (Fsp3) is 0.111. The molecule has 116 valence electrons. The second kappa shape index (κ2) is 7.66. The molecule has 2 aromatic rings. The van der Waals surface area contributed by atoms with Crippen LogP contribution < -0.4 is 4.74 Å². The number of methoxy groups -OCH3 is 1. The maximum Gasteiger partial charge on any atom is 0.349 e. The number of carbonyl (C=O) groups excluding carboxylic acids is 1. The molecule has 0 saturated carbocycles. The van der Waals surface area contributed by atoms with Crippen LogP contribution in [-0.2, 0) is 16.1 Å². The number of phenols is 1. The standard InChI is InChI=1S/C18H15NO4/c1-22-17-10-14(7-8-16(17)20)9-15(11-19)18(21)23-12-13-5-3-2-4-6-13/h2-10,20H,12H2,1H3. The molecule has 2 aromatic carbocycles. The maximum atomic E-state index is 12.0. The quantitative estimate of drug-likeness (QED) is 0.521. The first kappa shape index (κ1) is 16.1. The Kier molecular flexibility index (Phi) is 5.37. The zero-order valence-electron chi connectivity index (χ0n) is 12.5. The highest BCUT2D eigenvalue weighted by atomic mass is 16.5. The highest BCUT2D eigenvalue weighted by Crippen LogP contribution is 2.27. The van der Waals surface area contributed by atoms with Crippen LogP contribution in [0.25, 0.3) is 6.08 Å². The molecule has 0 aliphatic carbocycles. The normalized spacial score (nSPS) is 10.7. The molecule has 0 unspecified atom stereocenters. The van der Waals surface area contributed by atoms with Gasteiger partial charge in [-0.1, -0.05) is 36.4 Å². The van der Waals surface area contributed by atoms with E-state index in [4.69, 9.17) is 14.7 Å².